The van der Waals surface area contributed by atoms with Crippen molar-refractivity contribution in [3.8, 4) is 5.75 Å². The number of rotatable bonds is 6. The monoisotopic (exact) mass is 398 g/mol. The van der Waals surface area contributed by atoms with E-state index >= 15 is 0 Å². The number of halogens is 2. The predicted molar refractivity (Wildman–Crippen MR) is 98.9 cm³/mol. The normalized spacial score (nSPS) is 12.5. The molecule has 132 valence electrons. The minimum atomic E-state index is -0.719. The van der Waals surface area contributed by atoms with Gasteiger partial charge in [0.05, 0.1) is 16.1 Å². The summed E-state index contributed by atoms with van der Waals surface area (Å²) in [6.45, 7) is 3.95. The zero-order valence-electron chi connectivity index (χ0n) is 13.6. The molecule has 1 aromatic carbocycles. The van der Waals surface area contributed by atoms with Crippen LogP contribution in [0.15, 0.2) is 29.4 Å². The summed E-state index contributed by atoms with van der Waals surface area (Å²) in [7, 11) is 0. The van der Waals surface area contributed by atoms with E-state index in [1.54, 1.807) is 18.2 Å². The summed E-state index contributed by atoms with van der Waals surface area (Å²) >= 11 is 13.5. The first kappa shape index (κ1) is 18.3. The van der Waals surface area contributed by atoms with Crippen LogP contribution in [0.25, 0.3) is 5.78 Å². The van der Waals surface area contributed by atoms with Gasteiger partial charge >= 0.3 is 0 Å². The van der Waals surface area contributed by atoms with Crippen LogP contribution in [0.3, 0.4) is 0 Å². The molecule has 0 saturated carbocycles. The third-order valence-corrected chi connectivity index (χ3v) is 5.08. The Morgan fingerprint density at radius 2 is 1.96 bits per heavy atom. The molecule has 0 aliphatic heterocycles. The summed E-state index contributed by atoms with van der Waals surface area (Å²) in [5, 5.41) is 19.9. The van der Waals surface area contributed by atoms with Crippen LogP contribution >= 0.6 is 35.0 Å². The molecule has 2 heterocycles. The highest BCUT2D eigenvalue weighted by atomic mass is 35.5. The van der Waals surface area contributed by atoms with Gasteiger partial charge in [-0.15, -0.1) is 10.2 Å². The smallest absolute Gasteiger partial charge is 0.256 e. The second kappa shape index (κ2) is 7.78. The summed E-state index contributed by atoms with van der Waals surface area (Å²) in [5.41, 5.74) is 1.88. The molecule has 0 bridgehead atoms. The van der Waals surface area contributed by atoms with Crippen molar-refractivity contribution in [2.75, 3.05) is 12.4 Å². The number of para-hydroxylation sites is 1. The zero-order valence-corrected chi connectivity index (χ0v) is 15.9. The van der Waals surface area contributed by atoms with Crippen molar-refractivity contribution in [3.63, 3.8) is 0 Å². The van der Waals surface area contributed by atoms with Crippen LogP contribution in [0.2, 0.25) is 10.0 Å². The predicted octanol–water partition coefficient (Wildman–Crippen LogP) is 3.58. The maximum Gasteiger partial charge on any atom is 0.256 e. The Morgan fingerprint density at radius 3 is 2.68 bits per heavy atom. The number of nitrogens with zero attached hydrogens (tertiary/aromatic N) is 4. The zero-order chi connectivity index (χ0) is 18.0. The van der Waals surface area contributed by atoms with E-state index in [0.29, 0.717) is 32.5 Å². The van der Waals surface area contributed by atoms with Crippen LogP contribution in [0.4, 0.5) is 0 Å². The Labute approximate surface area is 159 Å². The minimum absolute atomic E-state index is 0.0729. The second-order valence-electron chi connectivity index (χ2n) is 5.48. The quantitative estimate of drug-likeness (QED) is 0.639. The number of thioether (sulfide) groups is 1. The maximum atomic E-state index is 10.2. The topological polar surface area (TPSA) is 72.5 Å². The standard InChI is InChI=1S/C16H16Cl2N4O2S/c1-9-6-10(2)22-15(19-9)20-21-16(22)25-8-11(23)7-24-14-12(17)4-3-5-13(14)18/h3-6,11,23H,7-8H2,1-2H3/t11-/m0/s1. The Kier molecular flexibility index (Phi) is 5.68. The fourth-order valence-corrected chi connectivity index (χ4v) is 3.71. The summed E-state index contributed by atoms with van der Waals surface area (Å²) < 4.78 is 7.40. The lowest BCUT2D eigenvalue weighted by Gasteiger charge is -2.13. The summed E-state index contributed by atoms with van der Waals surface area (Å²) in [5.74, 6) is 1.31. The number of ether oxygens (including phenoxy) is 1. The van der Waals surface area contributed by atoms with E-state index in [0.717, 1.165) is 11.4 Å². The molecular formula is C16H16Cl2N4O2S. The van der Waals surface area contributed by atoms with E-state index in [-0.39, 0.29) is 6.61 Å². The van der Waals surface area contributed by atoms with E-state index in [9.17, 15) is 5.11 Å². The molecule has 0 saturated heterocycles. The first-order valence-electron chi connectivity index (χ1n) is 7.52. The summed E-state index contributed by atoms with van der Waals surface area (Å²) in [6.07, 6.45) is -0.719. The Hall–Kier alpha value is -1.54. The molecule has 9 heteroatoms. The Bertz CT molecular complexity index is 883. The highest BCUT2D eigenvalue weighted by Gasteiger charge is 2.14. The molecule has 3 aromatic rings. The number of benzene rings is 1. The van der Waals surface area contributed by atoms with Crippen molar-refractivity contribution in [1.29, 1.82) is 0 Å². The molecule has 0 amide bonds. The van der Waals surface area contributed by atoms with Crippen molar-refractivity contribution in [2.45, 2.75) is 25.1 Å². The molecule has 25 heavy (non-hydrogen) atoms. The lowest BCUT2D eigenvalue weighted by molar-refractivity contribution is 0.126. The third-order valence-electron chi connectivity index (χ3n) is 3.41. The van der Waals surface area contributed by atoms with Gasteiger partial charge in [-0.05, 0) is 32.0 Å². The number of aliphatic hydroxyl groups is 1. The third kappa shape index (κ3) is 4.17. The maximum absolute atomic E-state index is 10.2. The molecule has 0 aliphatic carbocycles. The molecule has 0 unspecified atom stereocenters. The van der Waals surface area contributed by atoms with E-state index in [4.69, 9.17) is 27.9 Å². The van der Waals surface area contributed by atoms with Crippen molar-refractivity contribution in [2.24, 2.45) is 0 Å². The van der Waals surface area contributed by atoms with Crippen molar-refractivity contribution < 1.29 is 9.84 Å². The molecule has 1 N–H and O–H groups in total. The van der Waals surface area contributed by atoms with Crippen molar-refractivity contribution in [1.82, 2.24) is 19.6 Å². The van der Waals surface area contributed by atoms with E-state index in [2.05, 4.69) is 15.2 Å². The van der Waals surface area contributed by atoms with E-state index in [1.165, 1.54) is 11.8 Å². The minimum Gasteiger partial charge on any atom is -0.488 e. The molecule has 0 fully saturated rings. The molecule has 0 aliphatic rings. The molecule has 2 aromatic heterocycles. The molecule has 1 atom stereocenters. The molecular weight excluding hydrogens is 383 g/mol. The molecule has 3 rings (SSSR count). The highest BCUT2D eigenvalue weighted by Crippen LogP contribution is 2.32. The highest BCUT2D eigenvalue weighted by molar-refractivity contribution is 7.99. The van der Waals surface area contributed by atoms with Gasteiger partial charge in [0.25, 0.3) is 5.78 Å². The van der Waals surface area contributed by atoms with Gasteiger partial charge in [-0.25, -0.2) is 4.98 Å². The van der Waals surface area contributed by atoms with Crippen LogP contribution in [0.5, 0.6) is 5.75 Å². The van der Waals surface area contributed by atoms with Gasteiger partial charge < -0.3 is 9.84 Å². The number of aliphatic hydroxyl groups excluding tert-OH is 1. The Morgan fingerprint density at radius 1 is 1.24 bits per heavy atom. The number of fused-ring (bicyclic) bond motifs is 1. The van der Waals surface area contributed by atoms with Gasteiger partial charge in [-0.1, -0.05) is 41.0 Å². The summed E-state index contributed by atoms with van der Waals surface area (Å²) in [4.78, 5) is 4.34. The summed E-state index contributed by atoms with van der Waals surface area (Å²) in [6, 6.07) is 7.06. The lowest BCUT2D eigenvalue weighted by Crippen LogP contribution is -2.20. The van der Waals surface area contributed by atoms with E-state index in [1.807, 2.05) is 24.3 Å². The lowest BCUT2D eigenvalue weighted by atomic mass is 10.3. The molecule has 0 radical (unpaired) electrons. The van der Waals surface area contributed by atoms with Gasteiger partial charge in [0.1, 0.15) is 6.61 Å². The SMILES string of the molecule is Cc1cc(C)n2c(SC[C@@H](O)COc3c(Cl)cccc3Cl)nnc2n1. The number of aryl methyl sites for hydroxylation is 2. The van der Waals surface area contributed by atoms with Gasteiger partial charge in [-0.2, -0.15) is 0 Å². The number of hydrogen-bond acceptors (Lipinski definition) is 6. The van der Waals surface area contributed by atoms with Crippen LogP contribution in [-0.4, -0.2) is 43.2 Å². The fraction of sp³-hybridized carbons (Fsp3) is 0.312. The van der Waals surface area contributed by atoms with Crippen molar-refractivity contribution in [3.05, 3.63) is 45.7 Å². The van der Waals surface area contributed by atoms with Gasteiger partial charge in [-0.3, -0.25) is 4.40 Å². The van der Waals surface area contributed by atoms with Gasteiger partial charge in [0.2, 0.25) is 0 Å². The van der Waals surface area contributed by atoms with Crippen LogP contribution in [-0.2, 0) is 0 Å². The average Bonchev–Trinajstić information content (AvgIpc) is 2.95. The van der Waals surface area contributed by atoms with Gasteiger partial charge in [0.15, 0.2) is 10.9 Å². The first-order valence-corrected chi connectivity index (χ1v) is 9.27. The van der Waals surface area contributed by atoms with Crippen LogP contribution < -0.4 is 4.74 Å². The largest absolute Gasteiger partial charge is 0.488 e. The fourth-order valence-electron chi connectivity index (χ4n) is 2.31. The second-order valence-corrected chi connectivity index (χ2v) is 7.29. The van der Waals surface area contributed by atoms with Crippen LogP contribution in [0, 0.1) is 13.8 Å². The first-order chi connectivity index (χ1) is 12.0. The van der Waals surface area contributed by atoms with E-state index < -0.39 is 6.10 Å². The van der Waals surface area contributed by atoms with Crippen LogP contribution in [0.1, 0.15) is 11.4 Å². The number of aromatic nitrogens is 4. The number of hydrogen-bond donors (Lipinski definition) is 1. The average molecular weight is 399 g/mol. The Balaban J connectivity index is 1.62. The molecule has 0 spiro atoms. The van der Waals surface area contributed by atoms with Gasteiger partial charge in [0, 0.05) is 17.1 Å². The van der Waals surface area contributed by atoms with Crippen molar-refractivity contribution >= 4 is 40.7 Å². The molecule has 6 nitrogen and oxygen atoms in total.